The van der Waals surface area contributed by atoms with Crippen LogP contribution in [0.15, 0.2) is 0 Å². The zero-order chi connectivity index (χ0) is 12.0. The second kappa shape index (κ2) is 3.91. The van der Waals surface area contributed by atoms with E-state index in [0.29, 0.717) is 23.5 Å². The molecule has 1 aromatic rings. The predicted octanol–water partition coefficient (Wildman–Crippen LogP) is 1.57. The van der Waals surface area contributed by atoms with E-state index in [-0.39, 0.29) is 17.5 Å². The smallest absolute Gasteiger partial charge is 0.195 e. The van der Waals surface area contributed by atoms with Gasteiger partial charge in [0, 0.05) is 12.0 Å². The van der Waals surface area contributed by atoms with Crippen LogP contribution in [0, 0.1) is 4.77 Å². The summed E-state index contributed by atoms with van der Waals surface area (Å²) in [7, 11) is -2.82. The summed E-state index contributed by atoms with van der Waals surface area (Å²) in [6, 6.07) is 0.209. The van der Waals surface area contributed by atoms with Gasteiger partial charge in [-0.25, -0.2) is 8.42 Å². The van der Waals surface area contributed by atoms with Crippen LogP contribution >= 0.6 is 12.2 Å². The van der Waals surface area contributed by atoms with E-state index < -0.39 is 9.84 Å². The predicted molar refractivity (Wildman–Crippen MR) is 66.3 cm³/mol. The molecule has 0 amide bonds. The third-order valence-electron chi connectivity index (χ3n) is 3.56. The molecule has 0 unspecified atom stereocenters. The Morgan fingerprint density at radius 2 is 1.88 bits per heavy atom. The van der Waals surface area contributed by atoms with Crippen LogP contribution in [0.1, 0.15) is 43.5 Å². The lowest BCUT2D eigenvalue weighted by Crippen LogP contribution is -2.26. The number of H-pyrrole nitrogens is 1. The first kappa shape index (κ1) is 11.4. The van der Waals surface area contributed by atoms with Gasteiger partial charge in [-0.15, -0.1) is 0 Å². The van der Waals surface area contributed by atoms with Crippen LogP contribution < -0.4 is 0 Å². The number of hydrogen-bond donors (Lipinski definition) is 1. The normalized spacial score (nSPS) is 24.9. The van der Waals surface area contributed by atoms with Crippen molar-refractivity contribution in [1.29, 1.82) is 0 Å². The summed E-state index contributed by atoms with van der Waals surface area (Å²) in [5, 5.41) is 7.13. The quantitative estimate of drug-likeness (QED) is 0.831. The summed E-state index contributed by atoms with van der Waals surface area (Å²) in [6.45, 7) is 0. The lowest BCUT2D eigenvalue weighted by molar-refractivity contribution is 0.432. The maximum absolute atomic E-state index is 11.4. The average molecular weight is 273 g/mol. The third-order valence-corrected chi connectivity index (χ3v) is 5.57. The first-order valence-electron chi connectivity index (χ1n) is 5.94. The molecule has 3 rings (SSSR count). The summed E-state index contributed by atoms with van der Waals surface area (Å²) < 4.78 is 25.5. The summed E-state index contributed by atoms with van der Waals surface area (Å²) in [5.41, 5.74) is 0. The van der Waals surface area contributed by atoms with E-state index >= 15 is 0 Å². The Kier molecular flexibility index (Phi) is 2.62. The molecule has 0 bridgehead atoms. The van der Waals surface area contributed by atoms with E-state index in [9.17, 15) is 8.42 Å². The first-order valence-corrected chi connectivity index (χ1v) is 8.17. The molecule has 17 heavy (non-hydrogen) atoms. The number of aromatic amines is 1. The minimum Gasteiger partial charge on any atom is -0.301 e. The molecule has 94 valence electrons. The maximum Gasteiger partial charge on any atom is 0.195 e. The van der Waals surface area contributed by atoms with E-state index in [1.54, 1.807) is 0 Å². The third kappa shape index (κ3) is 2.18. The highest BCUT2D eigenvalue weighted by molar-refractivity contribution is 7.91. The van der Waals surface area contributed by atoms with Crippen molar-refractivity contribution in [3.63, 3.8) is 0 Å². The number of sulfone groups is 1. The molecule has 1 saturated carbocycles. The Balaban J connectivity index is 1.89. The standard InChI is InChI=1S/C10H15N3O2S2/c14-17(15)5-3-8(4-6-17)13-9(7-1-2-7)11-12-10(13)16/h7-8H,1-6H2,(H,12,16). The fourth-order valence-electron chi connectivity index (χ4n) is 2.44. The molecular weight excluding hydrogens is 258 g/mol. The zero-order valence-electron chi connectivity index (χ0n) is 9.42. The van der Waals surface area contributed by atoms with Crippen LogP contribution in [0.25, 0.3) is 0 Å². The first-order chi connectivity index (χ1) is 8.07. The lowest BCUT2D eigenvalue weighted by atomic mass is 10.1. The largest absolute Gasteiger partial charge is 0.301 e. The molecule has 1 aromatic heterocycles. The molecule has 5 nitrogen and oxygen atoms in total. The number of nitrogens with one attached hydrogen (secondary N) is 1. The monoisotopic (exact) mass is 273 g/mol. The Hall–Kier alpha value is -0.690. The average Bonchev–Trinajstić information content (AvgIpc) is 3.04. The molecule has 0 aromatic carbocycles. The van der Waals surface area contributed by atoms with Gasteiger partial charge in [0.1, 0.15) is 15.7 Å². The second-order valence-electron chi connectivity index (χ2n) is 4.91. The highest BCUT2D eigenvalue weighted by Gasteiger charge is 2.33. The highest BCUT2D eigenvalue weighted by Crippen LogP contribution is 2.40. The van der Waals surface area contributed by atoms with Crippen LogP contribution in [-0.4, -0.2) is 34.7 Å². The van der Waals surface area contributed by atoms with Crippen molar-refractivity contribution in [2.24, 2.45) is 0 Å². The fraction of sp³-hybridized carbons (Fsp3) is 0.800. The van der Waals surface area contributed by atoms with Crippen LogP contribution in [0.4, 0.5) is 0 Å². The van der Waals surface area contributed by atoms with Gasteiger partial charge in [0.2, 0.25) is 0 Å². The summed E-state index contributed by atoms with van der Waals surface area (Å²) in [4.78, 5) is 0. The van der Waals surface area contributed by atoms with Crippen LogP contribution in [0.3, 0.4) is 0 Å². The molecule has 2 aliphatic rings. The fourth-order valence-corrected chi connectivity index (χ4v) is 4.19. The van der Waals surface area contributed by atoms with Crippen LogP contribution in [0.5, 0.6) is 0 Å². The van der Waals surface area contributed by atoms with Gasteiger partial charge >= 0.3 is 0 Å². The molecule has 0 radical (unpaired) electrons. The van der Waals surface area contributed by atoms with Crippen molar-refractivity contribution in [2.75, 3.05) is 11.5 Å². The number of nitrogens with zero attached hydrogens (tertiary/aromatic N) is 2. The molecule has 7 heteroatoms. The van der Waals surface area contributed by atoms with Gasteiger partial charge in [-0.3, -0.25) is 5.10 Å². The zero-order valence-corrected chi connectivity index (χ0v) is 11.1. The van der Waals surface area contributed by atoms with Crippen LogP contribution in [0.2, 0.25) is 0 Å². The number of rotatable bonds is 2. The molecule has 0 atom stereocenters. The van der Waals surface area contributed by atoms with E-state index in [1.807, 2.05) is 0 Å². The summed E-state index contributed by atoms with van der Waals surface area (Å²) in [5.74, 6) is 2.10. The van der Waals surface area contributed by atoms with Gasteiger partial charge < -0.3 is 4.57 Å². The van der Waals surface area contributed by atoms with Crippen molar-refractivity contribution in [3.8, 4) is 0 Å². The Labute approximate surface area is 105 Å². The molecule has 1 saturated heterocycles. The van der Waals surface area contributed by atoms with Gasteiger partial charge in [-0.1, -0.05) is 0 Å². The molecular formula is C10H15N3O2S2. The number of aromatic nitrogens is 3. The van der Waals surface area contributed by atoms with E-state index in [4.69, 9.17) is 12.2 Å². The van der Waals surface area contributed by atoms with Crippen LogP contribution in [-0.2, 0) is 9.84 Å². The van der Waals surface area contributed by atoms with Crippen molar-refractivity contribution in [3.05, 3.63) is 10.6 Å². The summed E-state index contributed by atoms with van der Waals surface area (Å²) in [6.07, 6.45) is 3.67. The highest BCUT2D eigenvalue weighted by atomic mass is 32.2. The van der Waals surface area contributed by atoms with Crippen molar-refractivity contribution in [1.82, 2.24) is 14.8 Å². The lowest BCUT2D eigenvalue weighted by Gasteiger charge is -2.24. The van der Waals surface area contributed by atoms with E-state index in [1.165, 1.54) is 12.8 Å². The molecule has 1 N–H and O–H groups in total. The van der Waals surface area contributed by atoms with Gasteiger partial charge in [0.05, 0.1) is 11.5 Å². The molecule has 2 fully saturated rings. The van der Waals surface area contributed by atoms with Gasteiger partial charge in [-0.2, -0.15) is 5.10 Å². The van der Waals surface area contributed by atoms with Gasteiger partial charge in [-0.05, 0) is 37.9 Å². The number of hydrogen-bond acceptors (Lipinski definition) is 4. The van der Waals surface area contributed by atoms with E-state index in [2.05, 4.69) is 14.8 Å². The molecule has 1 aliphatic carbocycles. The summed E-state index contributed by atoms with van der Waals surface area (Å²) >= 11 is 5.25. The van der Waals surface area contributed by atoms with Crippen molar-refractivity contribution < 1.29 is 8.42 Å². The Morgan fingerprint density at radius 1 is 1.24 bits per heavy atom. The minimum absolute atomic E-state index is 0.209. The van der Waals surface area contributed by atoms with Gasteiger partial charge in [0.25, 0.3) is 0 Å². The maximum atomic E-state index is 11.4. The van der Waals surface area contributed by atoms with Crippen molar-refractivity contribution >= 4 is 22.1 Å². The minimum atomic E-state index is -2.82. The Bertz CT molecular complexity index is 569. The Morgan fingerprint density at radius 3 is 2.47 bits per heavy atom. The molecule has 0 spiro atoms. The molecule has 1 aliphatic heterocycles. The van der Waals surface area contributed by atoms with Crippen molar-refractivity contribution in [2.45, 2.75) is 37.6 Å². The second-order valence-corrected chi connectivity index (χ2v) is 7.60. The SMILES string of the molecule is O=S1(=O)CCC(n2c(C3CC3)n[nH]c2=S)CC1. The topological polar surface area (TPSA) is 67.8 Å². The van der Waals surface area contributed by atoms with E-state index in [0.717, 1.165) is 5.82 Å². The molecule has 2 heterocycles. The van der Waals surface area contributed by atoms with Gasteiger partial charge in [0.15, 0.2) is 4.77 Å².